The molecule has 0 bridgehead atoms. The van der Waals surface area contributed by atoms with Gasteiger partial charge in [0.25, 0.3) is 11.3 Å². The number of benzene rings is 2. The van der Waals surface area contributed by atoms with Gasteiger partial charge in [0.05, 0.1) is 0 Å². The summed E-state index contributed by atoms with van der Waals surface area (Å²) >= 11 is 1.48. The molecular weight excluding hydrogens is 358 g/mol. The van der Waals surface area contributed by atoms with E-state index in [2.05, 4.69) is 10.9 Å². The van der Waals surface area contributed by atoms with E-state index in [9.17, 15) is 9.59 Å². The second-order valence-corrected chi connectivity index (χ2v) is 6.85. The Labute approximate surface area is 162 Å². The Hall–Kier alpha value is -3.12. The van der Waals surface area contributed by atoms with Gasteiger partial charge in [-0.1, -0.05) is 66.4 Å². The topological polar surface area (TPSA) is 62.1 Å². The number of carbonyl (C=O) groups excluding carboxylic acids is 2. The number of nitrogens with one attached hydrogen (secondary N) is 2. The summed E-state index contributed by atoms with van der Waals surface area (Å²) in [5.74, 6) is 0.0261. The van der Waals surface area contributed by atoms with Crippen LogP contribution in [-0.4, -0.2) is 11.8 Å². The van der Waals surface area contributed by atoms with Crippen molar-refractivity contribution in [3.63, 3.8) is 0 Å². The lowest BCUT2D eigenvalue weighted by molar-refractivity contribution is -0.687. The first-order chi connectivity index (χ1) is 13.2. The number of rotatable bonds is 6. The maximum absolute atomic E-state index is 12.7. The third kappa shape index (κ3) is 5.43. The Morgan fingerprint density at radius 1 is 0.815 bits per heavy atom. The number of amides is 2. The number of hydrogen-bond donors (Lipinski definition) is 2. The normalized spacial score (nSPS) is 11.4. The van der Waals surface area contributed by atoms with Crippen molar-refractivity contribution in [1.82, 2.24) is 10.9 Å². The van der Waals surface area contributed by atoms with Gasteiger partial charge in [0.2, 0.25) is 0 Å². The fourth-order valence-corrected chi connectivity index (χ4v) is 3.52. The van der Waals surface area contributed by atoms with E-state index in [0.29, 0.717) is 11.3 Å². The van der Waals surface area contributed by atoms with Gasteiger partial charge in [0, 0.05) is 23.4 Å². The van der Waals surface area contributed by atoms with E-state index in [1.165, 1.54) is 11.8 Å². The molecule has 1 aromatic heterocycles. The summed E-state index contributed by atoms with van der Waals surface area (Å²) in [6.07, 6.45) is 3.67. The highest BCUT2D eigenvalue weighted by molar-refractivity contribution is 7.99. The maximum Gasteiger partial charge on any atom is 0.318 e. The van der Waals surface area contributed by atoms with Crippen LogP contribution in [0.15, 0.2) is 91.3 Å². The van der Waals surface area contributed by atoms with Crippen molar-refractivity contribution in [2.24, 2.45) is 0 Å². The number of pyridine rings is 1. The average molecular weight is 378 g/mol. The minimum Gasteiger partial charge on any atom is -0.267 e. The average Bonchev–Trinajstić information content (AvgIpc) is 2.74. The molecule has 1 heterocycles. The second kappa shape index (κ2) is 9.54. The van der Waals surface area contributed by atoms with E-state index in [0.717, 1.165) is 5.56 Å². The number of aromatic nitrogens is 1. The van der Waals surface area contributed by atoms with Gasteiger partial charge >= 0.3 is 5.91 Å². The Bertz CT molecular complexity index is 874. The standard InChI is InChI=1S/C21H19N3O2S/c25-19(18-12-6-2-7-13-18)22-23-20(26)21(24-14-8-3-9-15-24)27-16-17-10-4-1-5-11-17/h1-15,21H,16H2,(H-,22,23,25,26)/p+1. The zero-order valence-electron chi connectivity index (χ0n) is 14.6. The number of nitrogens with zero attached hydrogens (tertiary/aromatic N) is 1. The van der Waals surface area contributed by atoms with Crippen molar-refractivity contribution in [3.8, 4) is 0 Å². The third-order valence-electron chi connectivity index (χ3n) is 3.82. The lowest BCUT2D eigenvalue weighted by Gasteiger charge is -2.13. The lowest BCUT2D eigenvalue weighted by Crippen LogP contribution is -2.51. The number of hydrazine groups is 1. The van der Waals surface area contributed by atoms with Gasteiger partial charge < -0.3 is 0 Å². The minimum absolute atomic E-state index is 0.295. The number of thioether (sulfide) groups is 1. The first-order valence-corrected chi connectivity index (χ1v) is 9.55. The van der Waals surface area contributed by atoms with Crippen molar-refractivity contribution < 1.29 is 14.2 Å². The zero-order chi connectivity index (χ0) is 18.9. The smallest absolute Gasteiger partial charge is 0.267 e. The van der Waals surface area contributed by atoms with Gasteiger partial charge in [-0.05, 0) is 17.7 Å². The SMILES string of the molecule is O=C(NNC(=O)C(SCc1ccccc1)[n+]1ccccc1)c1ccccc1. The van der Waals surface area contributed by atoms with E-state index in [-0.39, 0.29) is 11.8 Å². The van der Waals surface area contributed by atoms with Crippen molar-refractivity contribution in [1.29, 1.82) is 0 Å². The molecule has 3 aromatic rings. The van der Waals surface area contributed by atoms with Gasteiger partial charge in [-0.15, -0.1) is 0 Å². The zero-order valence-corrected chi connectivity index (χ0v) is 15.4. The van der Waals surface area contributed by atoms with Crippen LogP contribution in [0.1, 0.15) is 21.3 Å². The van der Waals surface area contributed by atoms with E-state index in [1.807, 2.05) is 71.6 Å². The van der Waals surface area contributed by atoms with E-state index >= 15 is 0 Å². The highest BCUT2D eigenvalue weighted by atomic mass is 32.2. The molecule has 5 nitrogen and oxygen atoms in total. The Kier molecular flexibility index (Phi) is 6.60. The van der Waals surface area contributed by atoms with Crippen molar-refractivity contribution >= 4 is 23.6 Å². The Morgan fingerprint density at radius 3 is 2.07 bits per heavy atom. The van der Waals surface area contributed by atoms with Crippen LogP contribution in [0.4, 0.5) is 0 Å². The second-order valence-electron chi connectivity index (χ2n) is 5.78. The molecule has 2 aromatic carbocycles. The van der Waals surface area contributed by atoms with Crippen LogP contribution in [0.25, 0.3) is 0 Å². The fourth-order valence-electron chi connectivity index (χ4n) is 2.46. The third-order valence-corrected chi connectivity index (χ3v) is 5.09. The van der Waals surface area contributed by atoms with Gasteiger partial charge in [-0.2, -0.15) is 4.57 Å². The van der Waals surface area contributed by atoms with Crippen LogP contribution in [-0.2, 0) is 10.5 Å². The summed E-state index contributed by atoms with van der Waals surface area (Å²) in [7, 11) is 0. The summed E-state index contributed by atoms with van der Waals surface area (Å²) in [4.78, 5) is 24.9. The summed E-state index contributed by atoms with van der Waals surface area (Å²) in [6.45, 7) is 0. The summed E-state index contributed by atoms with van der Waals surface area (Å²) in [5, 5.41) is -0.512. The molecule has 136 valence electrons. The van der Waals surface area contributed by atoms with E-state index in [4.69, 9.17) is 0 Å². The van der Waals surface area contributed by atoms with Crippen molar-refractivity contribution in [2.75, 3.05) is 0 Å². The molecule has 27 heavy (non-hydrogen) atoms. The van der Waals surface area contributed by atoms with Crippen molar-refractivity contribution in [3.05, 3.63) is 102 Å². The molecule has 0 aliphatic heterocycles. The van der Waals surface area contributed by atoms with Crippen LogP contribution in [0.5, 0.6) is 0 Å². The molecule has 0 fully saturated rings. The lowest BCUT2D eigenvalue weighted by atomic mass is 10.2. The molecule has 3 rings (SSSR count). The predicted molar refractivity (Wildman–Crippen MR) is 105 cm³/mol. The van der Waals surface area contributed by atoms with Crippen LogP contribution in [0.3, 0.4) is 0 Å². The molecule has 0 saturated heterocycles. The van der Waals surface area contributed by atoms with Crippen LogP contribution in [0, 0.1) is 0 Å². The van der Waals surface area contributed by atoms with Gasteiger partial charge in [0.1, 0.15) is 0 Å². The molecule has 6 heteroatoms. The first-order valence-electron chi connectivity index (χ1n) is 8.50. The van der Waals surface area contributed by atoms with Crippen LogP contribution in [0.2, 0.25) is 0 Å². The molecular formula is C21H20N3O2S+. The molecule has 1 atom stereocenters. The van der Waals surface area contributed by atoms with Crippen LogP contribution >= 0.6 is 11.8 Å². The predicted octanol–water partition coefficient (Wildman–Crippen LogP) is 2.87. The molecule has 0 saturated carbocycles. The summed E-state index contributed by atoms with van der Waals surface area (Å²) in [6, 6.07) is 24.3. The monoisotopic (exact) mass is 378 g/mol. The first kappa shape index (κ1) is 18.7. The number of carbonyl (C=O) groups is 2. The maximum atomic E-state index is 12.7. The quantitative estimate of drug-likeness (QED) is 0.512. The molecule has 0 aliphatic carbocycles. The van der Waals surface area contributed by atoms with E-state index < -0.39 is 5.37 Å². The van der Waals surface area contributed by atoms with Gasteiger partial charge in [0.15, 0.2) is 12.4 Å². The molecule has 2 N–H and O–H groups in total. The summed E-state index contributed by atoms with van der Waals surface area (Å²) in [5.41, 5.74) is 6.63. The highest BCUT2D eigenvalue weighted by Crippen LogP contribution is 2.22. The van der Waals surface area contributed by atoms with Gasteiger partial charge in [-0.25, -0.2) is 0 Å². The van der Waals surface area contributed by atoms with Crippen molar-refractivity contribution in [2.45, 2.75) is 11.1 Å². The minimum atomic E-state index is -0.512. The molecule has 0 aliphatic rings. The Morgan fingerprint density at radius 2 is 1.41 bits per heavy atom. The van der Waals surface area contributed by atoms with Crippen LogP contribution < -0.4 is 15.4 Å². The highest BCUT2D eigenvalue weighted by Gasteiger charge is 2.28. The fraction of sp³-hybridized carbons (Fsp3) is 0.0952. The largest absolute Gasteiger partial charge is 0.318 e. The molecule has 0 spiro atoms. The Balaban J connectivity index is 1.66. The van der Waals surface area contributed by atoms with Gasteiger partial charge in [-0.3, -0.25) is 20.4 Å². The number of hydrogen-bond acceptors (Lipinski definition) is 3. The molecule has 0 radical (unpaired) electrons. The van der Waals surface area contributed by atoms with E-state index in [1.54, 1.807) is 24.3 Å². The molecule has 1 unspecified atom stereocenters. The molecule has 2 amide bonds. The summed E-state index contributed by atoms with van der Waals surface area (Å²) < 4.78 is 1.82.